The van der Waals surface area contributed by atoms with E-state index in [0.29, 0.717) is 10.6 Å². The molecule has 1 atom stereocenters. The molecule has 0 fully saturated rings. The van der Waals surface area contributed by atoms with Crippen LogP contribution in [0.4, 0.5) is 0 Å². The van der Waals surface area contributed by atoms with Gasteiger partial charge in [0.2, 0.25) is 5.91 Å². The summed E-state index contributed by atoms with van der Waals surface area (Å²) in [5.41, 5.74) is 6.26. The Kier molecular flexibility index (Phi) is 6.14. The molecule has 0 aliphatic rings. The van der Waals surface area contributed by atoms with E-state index >= 15 is 0 Å². The fourth-order valence-corrected chi connectivity index (χ4v) is 2.18. The van der Waals surface area contributed by atoms with Crippen LogP contribution in [-0.2, 0) is 20.7 Å². The molecule has 0 aromatic heterocycles. The van der Waals surface area contributed by atoms with Gasteiger partial charge in [-0.3, -0.25) is 20.4 Å². The van der Waals surface area contributed by atoms with Gasteiger partial charge in [0.05, 0.1) is 6.42 Å². The molecule has 0 heterocycles. The fraction of sp³-hybridized carbons (Fsp3) is 0.176. The number of ether oxygens (including phenoxy) is 1. The van der Waals surface area contributed by atoms with Crippen molar-refractivity contribution in [2.45, 2.75) is 12.5 Å². The van der Waals surface area contributed by atoms with Crippen molar-refractivity contribution in [2.24, 2.45) is 0 Å². The maximum atomic E-state index is 12.1. The molecule has 0 aliphatic carbocycles. The van der Waals surface area contributed by atoms with Gasteiger partial charge in [-0.05, 0) is 23.3 Å². The smallest absolute Gasteiger partial charge is 0.272 e. The minimum Gasteiger partial charge on any atom is -0.367 e. The molecule has 2 N–H and O–H groups in total. The molecule has 0 saturated heterocycles. The maximum absolute atomic E-state index is 12.1. The molecule has 5 nitrogen and oxygen atoms in total. The van der Waals surface area contributed by atoms with Gasteiger partial charge >= 0.3 is 0 Å². The van der Waals surface area contributed by atoms with E-state index in [0.717, 1.165) is 5.56 Å². The number of rotatable bonds is 5. The van der Waals surface area contributed by atoms with Crippen molar-refractivity contribution >= 4 is 23.4 Å². The largest absolute Gasteiger partial charge is 0.367 e. The summed E-state index contributed by atoms with van der Waals surface area (Å²) in [5, 5.41) is 0.605. The van der Waals surface area contributed by atoms with Crippen molar-refractivity contribution in [3.8, 4) is 0 Å². The highest BCUT2D eigenvalue weighted by molar-refractivity contribution is 6.30. The minimum atomic E-state index is -0.785. The highest BCUT2D eigenvalue weighted by Gasteiger charge is 2.20. The second kappa shape index (κ2) is 8.31. The molecule has 2 aromatic carbocycles. The first-order chi connectivity index (χ1) is 11.1. The van der Waals surface area contributed by atoms with E-state index in [2.05, 4.69) is 10.9 Å². The lowest BCUT2D eigenvalue weighted by molar-refractivity contribution is -0.135. The van der Waals surface area contributed by atoms with E-state index in [4.69, 9.17) is 16.3 Å². The zero-order valence-corrected chi connectivity index (χ0v) is 13.3. The molecule has 0 aliphatic heterocycles. The number of carbonyl (C=O) groups is 2. The van der Waals surface area contributed by atoms with Crippen LogP contribution in [-0.4, -0.2) is 18.9 Å². The quantitative estimate of drug-likeness (QED) is 0.826. The van der Waals surface area contributed by atoms with Gasteiger partial charge in [0.15, 0.2) is 6.10 Å². The molecule has 0 bridgehead atoms. The number of amides is 2. The van der Waals surface area contributed by atoms with Crippen LogP contribution in [0, 0.1) is 0 Å². The Morgan fingerprint density at radius 1 is 1.04 bits per heavy atom. The lowest BCUT2D eigenvalue weighted by Gasteiger charge is -2.16. The molecule has 0 unspecified atom stereocenters. The van der Waals surface area contributed by atoms with E-state index < -0.39 is 12.0 Å². The first-order valence-corrected chi connectivity index (χ1v) is 7.39. The summed E-state index contributed by atoms with van der Waals surface area (Å²) in [5.74, 6) is -0.772. The molecule has 0 spiro atoms. The number of nitrogens with one attached hydrogen (secondary N) is 2. The number of methoxy groups -OCH3 is 1. The Hall–Kier alpha value is -2.37. The Balaban J connectivity index is 1.87. The standard InChI is InChI=1S/C17H17ClN2O3/c1-23-16(13-5-3-2-4-6-13)17(22)20-19-15(21)11-12-7-9-14(18)10-8-12/h2-10,16H,11H2,1H3,(H,19,21)(H,20,22)/t16-/m0/s1. The second-order valence-corrected chi connectivity index (χ2v) is 5.30. The third-order valence-electron chi connectivity index (χ3n) is 3.18. The van der Waals surface area contributed by atoms with Gasteiger partial charge in [0, 0.05) is 12.1 Å². The Labute approximate surface area is 139 Å². The molecular weight excluding hydrogens is 316 g/mol. The van der Waals surface area contributed by atoms with Crippen LogP contribution in [0.5, 0.6) is 0 Å². The Morgan fingerprint density at radius 2 is 1.70 bits per heavy atom. The second-order valence-electron chi connectivity index (χ2n) is 4.87. The molecule has 2 amide bonds. The zero-order valence-electron chi connectivity index (χ0n) is 12.6. The summed E-state index contributed by atoms with van der Waals surface area (Å²) in [6.07, 6.45) is -0.646. The van der Waals surface area contributed by atoms with Gasteiger partial charge in [-0.2, -0.15) is 0 Å². The Morgan fingerprint density at radius 3 is 2.30 bits per heavy atom. The number of halogens is 1. The fourth-order valence-electron chi connectivity index (χ4n) is 2.05. The molecule has 0 saturated carbocycles. The predicted molar refractivity (Wildman–Crippen MR) is 87.6 cm³/mol. The van der Waals surface area contributed by atoms with E-state index in [1.54, 1.807) is 36.4 Å². The number of carbonyl (C=O) groups excluding carboxylic acids is 2. The maximum Gasteiger partial charge on any atom is 0.272 e. The number of benzene rings is 2. The summed E-state index contributed by atoms with van der Waals surface area (Å²) < 4.78 is 5.18. The van der Waals surface area contributed by atoms with Crippen LogP contribution >= 0.6 is 11.6 Å². The summed E-state index contributed by atoms with van der Waals surface area (Å²) >= 11 is 5.79. The zero-order chi connectivity index (χ0) is 16.7. The Bertz CT molecular complexity index is 659. The minimum absolute atomic E-state index is 0.139. The molecule has 120 valence electrons. The normalized spacial score (nSPS) is 11.6. The van der Waals surface area contributed by atoms with Gasteiger partial charge < -0.3 is 4.74 Å². The van der Waals surface area contributed by atoms with E-state index in [-0.39, 0.29) is 12.3 Å². The van der Waals surface area contributed by atoms with Crippen LogP contribution in [0.1, 0.15) is 17.2 Å². The molecule has 2 aromatic rings. The van der Waals surface area contributed by atoms with E-state index in [9.17, 15) is 9.59 Å². The van der Waals surface area contributed by atoms with Crippen LogP contribution in [0.25, 0.3) is 0 Å². The van der Waals surface area contributed by atoms with Crippen molar-refractivity contribution in [2.75, 3.05) is 7.11 Å². The average Bonchev–Trinajstić information content (AvgIpc) is 2.57. The van der Waals surface area contributed by atoms with Crippen molar-refractivity contribution in [1.29, 1.82) is 0 Å². The van der Waals surface area contributed by atoms with Gasteiger partial charge in [0.25, 0.3) is 5.91 Å². The first kappa shape index (κ1) is 17.0. The first-order valence-electron chi connectivity index (χ1n) is 7.01. The number of hydrazine groups is 1. The number of hydrogen-bond donors (Lipinski definition) is 2. The summed E-state index contributed by atoms with van der Waals surface area (Å²) in [6, 6.07) is 16.0. The van der Waals surface area contributed by atoms with Gasteiger partial charge in [-0.25, -0.2) is 0 Å². The molecule has 0 radical (unpaired) electrons. The van der Waals surface area contributed by atoms with Crippen molar-refractivity contribution in [3.63, 3.8) is 0 Å². The summed E-state index contributed by atoms with van der Waals surface area (Å²) in [4.78, 5) is 24.0. The highest BCUT2D eigenvalue weighted by atomic mass is 35.5. The van der Waals surface area contributed by atoms with Crippen LogP contribution in [0.2, 0.25) is 5.02 Å². The van der Waals surface area contributed by atoms with Gasteiger partial charge in [0.1, 0.15) is 0 Å². The number of hydrogen-bond acceptors (Lipinski definition) is 3. The molecule has 23 heavy (non-hydrogen) atoms. The van der Waals surface area contributed by atoms with Crippen LogP contribution in [0.15, 0.2) is 54.6 Å². The molecule has 6 heteroatoms. The highest BCUT2D eigenvalue weighted by Crippen LogP contribution is 2.15. The third kappa shape index (κ3) is 5.09. The predicted octanol–water partition coefficient (Wildman–Crippen LogP) is 2.42. The average molecular weight is 333 g/mol. The molecule has 2 rings (SSSR count). The van der Waals surface area contributed by atoms with E-state index in [1.807, 2.05) is 18.2 Å². The lowest BCUT2D eigenvalue weighted by Crippen LogP contribution is -2.44. The van der Waals surface area contributed by atoms with Crippen molar-refractivity contribution in [3.05, 3.63) is 70.7 Å². The third-order valence-corrected chi connectivity index (χ3v) is 3.43. The van der Waals surface area contributed by atoms with E-state index in [1.165, 1.54) is 7.11 Å². The van der Waals surface area contributed by atoms with Crippen molar-refractivity contribution in [1.82, 2.24) is 10.9 Å². The monoisotopic (exact) mass is 332 g/mol. The summed E-state index contributed by atoms with van der Waals surface area (Å²) in [7, 11) is 1.44. The van der Waals surface area contributed by atoms with Crippen LogP contribution < -0.4 is 10.9 Å². The topological polar surface area (TPSA) is 67.4 Å². The van der Waals surface area contributed by atoms with Crippen molar-refractivity contribution < 1.29 is 14.3 Å². The van der Waals surface area contributed by atoms with Crippen LogP contribution in [0.3, 0.4) is 0 Å². The lowest BCUT2D eigenvalue weighted by atomic mass is 10.1. The summed E-state index contributed by atoms with van der Waals surface area (Å²) in [6.45, 7) is 0. The molecular formula is C17H17ClN2O3. The SMILES string of the molecule is CO[C@H](C(=O)NNC(=O)Cc1ccc(Cl)cc1)c1ccccc1. The van der Waals surface area contributed by atoms with Gasteiger partial charge in [-0.15, -0.1) is 0 Å². The van der Waals surface area contributed by atoms with Gasteiger partial charge in [-0.1, -0.05) is 54.1 Å².